The second kappa shape index (κ2) is 11.3. The van der Waals surface area contributed by atoms with Gasteiger partial charge in [-0.1, -0.05) is 26.0 Å². The number of aromatic nitrogens is 1. The molecule has 31 heavy (non-hydrogen) atoms. The molecular weight excluding hydrogens is 394 g/mol. The number of hydrogen-bond donors (Lipinski definition) is 1. The van der Waals surface area contributed by atoms with Crippen molar-refractivity contribution >= 4 is 5.91 Å². The first-order valence-corrected chi connectivity index (χ1v) is 11.3. The van der Waals surface area contributed by atoms with Crippen molar-refractivity contribution in [2.75, 3.05) is 19.8 Å². The number of carbonyl (C=O) groups is 1. The summed E-state index contributed by atoms with van der Waals surface area (Å²) in [6.07, 6.45) is 3.58. The summed E-state index contributed by atoms with van der Waals surface area (Å²) in [6.45, 7) is 11.8. The highest BCUT2D eigenvalue weighted by Crippen LogP contribution is 2.20. The molecule has 1 saturated heterocycles. The number of nitrogens with zero attached hydrogens (tertiary/aromatic N) is 2. The Morgan fingerprint density at radius 3 is 2.68 bits per heavy atom. The molecule has 2 aromatic rings. The van der Waals surface area contributed by atoms with Crippen molar-refractivity contribution in [1.29, 1.82) is 0 Å². The van der Waals surface area contributed by atoms with E-state index in [4.69, 9.17) is 13.9 Å². The van der Waals surface area contributed by atoms with E-state index in [1.807, 2.05) is 19.1 Å². The zero-order valence-electron chi connectivity index (χ0n) is 19.1. The van der Waals surface area contributed by atoms with Crippen molar-refractivity contribution in [1.82, 2.24) is 15.2 Å². The molecule has 3 rings (SSSR count). The Bertz CT molecular complexity index is 812. The number of nitrogens with one attached hydrogen (secondary N) is 1. The second-order valence-electron chi connectivity index (χ2n) is 8.44. The molecule has 1 aliphatic rings. The van der Waals surface area contributed by atoms with Crippen molar-refractivity contribution in [3.63, 3.8) is 0 Å². The predicted molar refractivity (Wildman–Crippen MR) is 119 cm³/mol. The van der Waals surface area contributed by atoms with E-state index in [1.54, 1.807) is 0 Å². The molecule has 2 heterocycles. The van der Waals surface area contributed by atoms with E-state index in [0.717, 1.165) is 31.7 Å². The van der Waals surface area contributed by atoms with E-state index < -0.39 is 0 Å². The monoisotopic (exact) mass is 429 g/mol. The van der Waals surface area contributed by atoms with Crippen molar-refractivity contribution < 1.29 is 18.7 Å². The lowest BCUT2D eigenvalue weighted by Crippen LogP contribution is -2.36. The molecule has 0 saturated carbocycles. The number of rotatable bonds is 11. The maximum absolute atomic E-state index is 12.4. The molecule has 0 radical (unpaired) electrons. The summed E-state index contributed by atoms with van der Waals surface area (Å²) in [7, 11) is 0. The summed E-state index contributed by atoms with van der Waals surface area (Å²) in [5.41, 5.74) is 1.50. The topological polar surface area (TPSA) is 76.8 Å². The fourth-order valence-corrected chi connectivity index (χ4v) is 3.62. The zero-order chi connectivity index (χ0) is 22.2. The SMILES string of the molecule is CCOc1ccc(CN(Cc2nc(C(=O)NC[C@@H]3CCCO3)co2)[C@H](C)C(C)C)cc1. The third-order valence-electron chi connectivity index (χ3n) is 5.80. The average molecular weight is 430 g/mol. The molecule has 7 nitrogen and oxygen atoms in total. The van der Waals surface area contributed by atoms with E-state index in [0.29, 0.717) is 43.2 Å². The highest BCUT2D eigenvalue weighted by molar-refractivity contribution is 5.91. The Labute approximate surface area is 185 Å². The number of oxazole rings is 1. The summed E-state index contributed by atoms with van der Waals surface area (Å²) in [5.74, 6) is 1.66. The van der Waals surface area contributed by atoms with Crippen LogP contribution in [0.3, 0.4) is 0 Å². The quantitative estimate of drug-likeness (QED) is 0.581. The molecule has 7 heteroatoms. The minimum atomic E-state index is -0.222. The Morgan fingerprint density at radius 2 is 2.03 bits per heavy atom. The fourth-order valence-electron chi connectivity index (χ4n) is 3.62. The summed E-state index contributed by atoms with van der Waals surface area (Å²) in [4.78, 5) is 19.2. The van der Waals surface area contributed by atoms with Crippen LogP contribution in [-0.2, 0) is 17.8 Å². The summed E-state index contributed by atoms with van der Waals surface area (Å²) in [5, 5.41) is 2.89. The molecule has 0 unspecified atom stereocenters. The van der Waals surface area contributed by atoms with Gasteiger partial charge >= 0.3 is 0 Å². The average Bonchev–Trinajstić information content (AvgIpc) is 3.44. The Hall–Kier alpha value is -2.38. The molecule has 1 amide bonds. The normalized spacial score (nSPS) is 17.3. The molecule has 170 valence electrons. The Balaban J connectivity index is 1.62. The van der Waals surface area contributed by atoms with E-state index in [9.17, 15) is 4.79 Å². The number of ether oxygens (including phenoxy) is 2. The standard InChI is InChI=1S/C24H35N3O4/c1-5-29-20-10-8-19(9-11-20)14-27(18(4)17(2)3)15-23-26-22(16-31-23)24(28)25-13-21-7-6-12-30-21/h8-11,16-18,21H,5-7,12-15H2,1-4H3,(H,25,28)/t18-,21+/m1/s1. The maximum Gasteiger partial charge on any atom is 0.273 e. The Kier molecular flexibility index (Phi) is 8.49. The van der Waals surface area contributed by atoms with Gasteiger partial charge in [0.2, 0.25) is 5.89 Å². The van der Waals surface area contributed by atoms with Crippen molar-refractivity contribution in [2.45, 2.75) is 65.8 Å². The lowest BCUT2D eigenvalue weighted by molar-refractivity contribution is 0.0853. The number of carbonyl (C=O) groups excluding carboxylic acids is 1. The van der Waals surface area contributed by atoms with Gasteiger partial charge in [0.15, 0.2) is 5.69 Å². The fraction of sp³-hybridized carbons (Fsp3) is 0.583. The molecular formula is C24H35N3O4. The van der Waals surface area contributed by atoms with Gasteiger partial charge in [-0.2, -0.15) is 0 Å². The summed E-state index contributed by atoms with van der Waals surface area (Å²) < 4.78 is 16.7. The first kappa shape index (κ1) is 23.3. The van der Waals surface area contributed by atoms with E-state index in [1.165, 1.54) is 11.8 Å². The van der Waals surface area contributed by atoms with Gasteiger partial charge in [0.05, 0.1) is 19.3 Å². The summed E-state index contributed by atoms with van der Waals surface area (Å²) >= 11 is 0. The molecule has 1 aromatic heterocycles. The van der Waals surface area contributed by atoms with Crippen LogP contribution in [0.5, 0.6) is 5.75 Å². The van der Waals surface area contributed by atoms with Gasteiger partial charge in [-0.25, -0.2) is 4.98 Å². The van der Waals surface area contributed by atoms with Crippen LogP contribution >= 0.6 is 0 Å². The third-order valence-corrected chi connectivity index (χ3v) is 5.80. The number of amides is 1. The molecule has 1 aliphatic heterocycles. The van der Waals surface area contributed by atoms with Crippen LogP contribution in [0, 0.1) is 5.92 Å². The highest BCUT2D eigenvalue weighted by atomic mass is 16.5. The third kappa shape index (κ3) is 6.80. The van der Waals surface area contributed by atoms with Gasteiger partial charge in [0.25, 0.3) is 5.91 Å². The molecule has 0 spiro atoms. The largest absolute Gasteiger partial charge is 0.494 e. The molecule has 1 fully saturated rings. The van der Waals surface area contributed by atoms with Crippen LogP contribution in [0.15, 0.2) is 34.9 Å². The first-order chi connectivity index (χ1) is 15.0. The number of benzene rings is 1. The second-order valence-corrected chi connectivity index (χ2v) is 8.44. The first-order valence-electron chi connectivity index (χ1n) is 11.3. The van der Waals surface area contributed by atoms with Gasteiger partial charge in [-0.05, 0) is 50.3 Å². The van der Waals surface area contributed by atoms with Crippen LogP contribution in [0.1, 0.15) is 62.5 Å². The van der Waals surface area contributed by atoms with Crippen LogP contribution in [0.4, 0.5) is 0 Å². The van der Waals surface area contributed by atoms with Gasteiger partial charge in [0, 0.05) is 25.7 Å². The molecule has 1 N–H and O–H groups in total. The summed E-state index contributed by atoms with van der Waals surface area (Å²) in [6, 6.07) is 8.49. The van der Waals surface area contributed by atoms with E-state index >= 15 is 0 Å². The predicted octanol–water partition coefficient (Wildman–Crippen LogP) is 4.03. The van der Waals surface area contributed by atoms with Gasteiger partial charge in [-0.3, -0.25) is 9.69 Å². The van der Waals surface area contributed by atoms with Crippen molar-refractivity contribution in [3.8, 4) is 5.75 Å². The van der Waals surface area contributed by atoms with Crippen molar-refractivity contribution in [3.05, 3.63) is 47.7 Å². The van der Waals surface area contributed by atoms with Crippen molar-refractivity contribution in [2.24, 2.45) is 5.92 Å². The molecule has 1 aromatic carbocycles. The van der Waals surface area contributed by atoms with Crippen LogP contribution in [-0.4, -0.2) is 47.7 Å². The highest BCUT2D eigenvalue weighted by Gasteiger charge is 2.22. The van der Waals surface area contributed by atoms with E-state index in [2.05, 4.69) is 48.1 Å². The van der Waals surface area contributed by atoms with E-state index in [-0.39, 0.29) is 12.0 Å². The molecule has 2 atom stereocenters. The number of hydrogen-bond acceptors (Lipinski definition) is 6. The van der Waals surface area contributed by atoms with Gasteiger partial charge < -0.3 is 19.2 Å². The van der Waals surface area contributed by atoms with Crippen LogP contribution in [0.25, 0.3) is 0 Å². The molecule has 0 bridgehead atoms. The minimum Gasteiger partial charge on any atom is -0.494 e. The smallest absolute Gasteiger partial charge is 0.273 e. The Morgan fingerprint density at radius 1 is 1.26 bits per heavy atom. The van der Waals surface area contributed by atoms with Gasteiger partial charge in [0.1, 0.15) is 12.0 Å². The lowest BCUT2D eigenvalue weighted by Gasteiger charge is -2.30. The maximum atomic E-state index is 12.4. The van der Waals surface area contributed by atoms with Crippen LogP contribution < -0.4 is 10.1 Å². The molecule has 0 aliphatic carbocycles. The minimum absolute atomic E-state index is 0.104. The zero-order valence-corrected chi connectivity index (χ0v) is 19.1. The lowest BCUT2D eigenvalue weighted by atomic mass is 10.0. The van der Waals surface area contributed by atoms with Gasteiger partial charge in [-0.15, -0.1) is 0 Å². The van der Waals surface area contributed by atoms with Crippen LogP contribution in [0.2, 0.25) is 0 Å².